The molecule has 1 amide bonds. The molecule has 2 atom stereocenters. The molecule has 2 unspecified atom stereocenters. The second kappa shape index (κ2) is 7.65. The topological polar surface area (TPSA) is 32.3 Å². The van der Waals surface area contributed by atoms with Crippen molar-refractivity contribution >= 4 is 18.3 Å². The van der Waals surface area contributed by atoms with Gasteiger partial charge in [-0.3, -0.25) is 4.79 Å². The lowest BCUT2D eigenvalue weighted by molar-refractivity contribution is -0.142. The van der Waals surface area contributed by atoms with Crippen LogP contribution in [0.3, 0.4) is 0 Å². The van der Waals surface area contributed by atoms with Crippen LogP contribution in [0.1, 0.15) is 52.9 Å². The first-order chi connectivity index (χ1) is 9.03. The predicted molar refractivity (Wildman–Crippen MR) is 86.2 cm³/mol. The average Bonchev–Trinajstić information content (AvgIpc) is 2.64. The van der Waals surface area contributed by atoms with Crippen molar-refractivity contribution in [1.82, 2.24) is 10.2 Å². The minimum atomic E-state index is -0.157. The van der Waals surface area contributed by atoms with Crippen molar-refractivity contribution in [3.8, 4) is 0 Å². The SMILES string of the molecule is CC(C)C1CCCN(C(=O)C2(C)CCCNC2)CC1.Cl. The first-order valence-corrected chi connectivity index (χ1v) is 8.03. The molecule has 2 saturated heterocycles. The molecule has 1 N–H and O–H groups in total. The number of hydrogen-bond donors (Lipinski definition) is 1. The van der Waals surface area contributed by atoms with Crippen LogP contribution in [0.25, 0.3) is 0 Å². The summed E-state index contributed by atoms with van der Waals surface area (Å²) in [6, 6.07) is 0. The molecule has 0 aromatic rings. The number of amides is 1. The van der Waals surface area contributed by atoms with Gasteiger partial charge in [-0.05, 0) is 57.4 Å². The Morgan fingerprint density at radius 1 is 1.25 bits per heavy atom. The first kappa shape index (κ1) is 17.8. The van der Waals surface area contributed by atoms with Gasteiger partial charge >= 0.3 is 0 Å². The highest BCUT2D eigenvalue weighted by Crippen LogP contribution is 2.31. The molecule has 0 aromatic carbocycles. The van der Waals surface area contributed by atoms with E-state index in [-0.39, 0.29) is 17.8 Å². The zero-order valence-electron chi connectivity index (χ0n) is 13.3. The van der Waals surface area contributed by atoms with Gasteiger partial charge in [0.15, 0.2) is 0 Å². The predicted octanol–water partition coefficient (Wildman–Crippen LogP) is 3.08. The molecule has 0 spiro atoms. The molecule has 118 valence electrons. The molecular formula is C16H31ClN2O. The fourth-order valence-corrected chi connectivity index (χ4v) is 3.61. The number of nitrogens with one attached hydrogen (secondary N) is 1. The lowest BCUT2D eigenvalue weighted by Crippen LogP contribution is -2.50. The van der Waals surface area contributed by atoms with Crippen LogP contribution < -0.4 is 5.32 Å². The van der Waals surface area contributed by atoms with E-state index in [1.807, 2.05) is 0 Å². The van der Waals surface area contributed by atoms with Crippen molar-refractivity contribution in [1.29, 1.82) is 0 Å². The average molecular weight is 303 g/mol. The number of rotatable bonds is 2. The number of likely N-dealkylation sites (tertiary alicyclic amines) is 1. The van der Waals surface area contributed by atoms with Gasteiger partial charge in [0, 0.05) is 19.6 Å². The molecule has 0 saturated carbocycles. The molecule has 0 bridgehead atoms. The Bertz CT molecular complexity index is 314. The Hall–Kier alpha value is -0.280. The summed E-state index contributed by atoms with van der Waals surface area (Å²) in [7, 11) is 0. The van der Waals surface area contributed by atoms with Crippen LogP contribution in [0.4, 0.5) is 0 Å². The Morgan fingerprint density at radius 2 is 2.00 bits per heavy atom. The van der Waals surface area contributed by atoms with E-state index in [0.29, 0.717) is 5.91 Å². The highest BCUT2D eigenvalue weighted by molar-refractivity contribution is 5.85. The normalized spacial score (nSPS) is 31.6. The van der Waals surface area contributed by atoms with Crippen LogP contribution in [0, 0.1) is 17.3 Å². The molecule has 0 aromatic heterocycles. The van der Waals surface area contributed by atoms with Crippen LogP contribution >= 0.6 is 12.4 Å². The van der Waals surface area contributed by atoms with Crippen LogP contribution in [0.5, 0.6) is 0 Å². The molecule has 3 nitrogen and oxygen atoms in total. The molecule has 0 aliphatic carbocycles. The number of hydrogen-bond acceptors (Lipinski definition) is 2. The van der Waals surface area contributed by atoms with E-state index in [0.717, 1.165) is 50.9 Å². The van der Waals surface area contributed by atoms with E-state index in [9.17, 15) is 4.79 Å². The van der Waals surface area contributed by atoms with Gasteiger partial charge in [-0.2, -0.15) is 0 Å². The third-order valence-corrected chi connectivity index (χ3v) is 5.12. The molecule has 2 fully saturated rings. The molecule has 0 radical (unpaired) electrons. The van der Waals surface area contributed by atoms with Gasteiger partial charge in [-0.15, -0.1) is 12.4 Å². The van der Waals surface area contributed by atoms with Gasteiger partial charge in [0.1, 0.15) is 0 Å². The lowest BCUT2D eigenvalue weighted by atomic mass is 9.81. The number of piperidine rings is 1. The second-order valence-corrected chi connectivity index (χ2v) is 7.07. The third kappa shape index (κ3) is 4.11. The maximum atomic E-state index is 12.8. The quantitative estimate of drug-likeness (QED) is 0.850. The Morgan fingerprint density at radius 3 is 2.60 bits per heavy atom. The smallest absolute Gasteiger partial charge is 0.229 e. The maximum Gasteiger partial charge on any atom is 0.229 e. The fourth-order valence-electron chi connectivity index (χ4n) is 3.61. The number of carbonyl (C=O) groups excluding carboxylic acids is 1. The Kier molecular flexibility index (Phi) is 6.80. The van der Waals surface area contributed by atoms with Crippen molar-refractivity contribution in [2.45, 2.75) is 52.9 Å². The van der Waals surface area contributed by atoms with E-state index < -0.39 is 0 Å². The Balaban J connectivity index is 0.00000200. The summed E-state index contributed by atoms with van der Waals surface area (Å²) in [4.78, 5) is 14.9. The molecular weight excluding hydrogens is 272 g/mol. The highest BCUT2D eigenvalue weighted by Gasteiger charge is 2.38. The van der Waals surface area contributed by atoms with Crippen LogP contribution in [-0.4, -0.2) is 37.0 Å². The molecule has 2 aliphatic rings. The van der Waals surface area contributed by atoms with Crippen molar-refractivity contribution in [3.63, 3.8) is 0 Å². The van der Waals surface area contributed by atoms with Gasteiger partial charge in [0.05, 0.1) is 5.41 Å². The molecule has 2 rings (SSSR count). The van der Waals surface area contributed by atoms with Crippen molar-refractivity contribution in [3.05, 3.63) is 0 Å². The van der Waals surface area contributed by atoms with Crippen molar-refractivity contribution in [2.75, 3.05) is 26.2 Å². The lowest BCUT2D eigenvalue weighted by Gasteiger charge is -2.37. The summed E-state index contributed by atoms with van der Waals surface area (Å²) < 4.78 is 0. The standard InChI is InChI=1S/C16H30N2O.ClH/c1-13(2)14-6-4-10-18(11-7-14)15(19)16(3)8-5-9-17-12-16;/h13-14,17H,4-12H2,1-3H3;1H. The van der Waals surface area contributed by atoms with Gasteiger partial charge in [0.2, 0.25) is 5.91 Å². The molecule has 4 heteroatoms. The van der Waals surface area contributed by atoms with Crippen molar-refractivity contribution < 1.29 is 4.79 Å². The summed E-state index contributed by atoms with van der Waals surface area (Å²) in [5.41, 5.74) is -0.157. The Labute approximate surface area is 130 Å². The summed E-state index contributed by atoms with van der Waals surface area (Å²) >= 11 is 0. The van der Waals surface area contributed by atoms with Gasteiger partial charge in [-0.1, -0.05) is 13.8 Å². The van der Waals surface area contributed by atoms with Gasteiger partial charge < -0.3 is 10.2 Å². The summed E-state index contributed by atoms with van der Waals surface area (Å²) in [6.45, 7) is 10.6. The highest BCUT2D eigenvalue weighted by atomic mass is 35.5. The van der Waals surface area contributed by atoms with Gasteiger partial charge in [0.25, 0.3) is 0 Å². The van der Waals surface area contributed by atoms with E-state index in [1.165, 1.54) is 19.3 Å². The van der Waals surface area contributed by atoms with E-state index in [4.69, 9.17) is 0 Å². The monoisotopic (exact) mass is 302 g/mol. The first-order valence-electron chi connectivity index (χ1n) is 8.03. The number of carbonyl (C=O) groups is 1. The van der Waals surface area contributed by atoms with Crippen LogP contribution in [0.15, 0.2) is 0 Å². The summed E-state index contributed by atoms with van der Waals surface area (Å²) in [5, 5.41) is 3.39. The molecule has 2 aliphatic heterocycles. The minimum Gasteiger partial charge on any atom is -0.342 e. The summed E-state index contributed by atoms with van der Waals surface area (Å²) in [6.07, 6.45) is 5.83. The maximum absolute atomic E-state index is 12.8. The number of nitrogens with zero attached hydrogens (tertiary/aromatic N) is 1. The molecule has 2 heterocycles. The zero-order chi connectivity index (χ0) is 13.9. The van der Waals surface area contributed by atoms with Crippen molar-refractivity contribution in [2.24, 2.45) is 17.3 Å². The van der Waals surface area contributed by atoms with E-state index in [2.05, 4.69) is 31.0 Å². The van der Waals surface area contributed by atoms with E-state index >= 15 is 0 Å². The zero-order valence-corrected chi connectivity index (χ0v) is 14.1. The largest absolute Gasteiger partial charge is 0.342 e. The molecule has 20 heavy (non-hydrogen) atoms. The van der Waals surface area contributed by atoms with E-state index in [1.54, 1.807) is 0 Å². The fraction of sp³-hybridized carbons (Fsp3) is 0.938. The second-order valence-electron chi connectivity index (χ2n) is 7.07. The van der Waals surface area contributed by atoms with Gasteiger partial charge in [-0.25, -0.2) is 0 Å². The minimum absolute atomic E-state index is 0. The summed E-state index contributed by atoms with van der Waals surface area (Å²) in [5.74, 6) is 1.95. The van der Waals surface area contributed by atoms with Crippen LogP contribution in [0.2, 0.25) is 0 Å². The third-order valence-electron chi connectivity index (χ3n) is 5.12. The number of halogens is 1. The van der Waals surface area contributed by atoms with Crippen LogP contribution in [-0.2, 0) is 4.79 Å².